The number of carboxylic acid groups (broad SMARTS) is 1. The summed E-state index contributed by atoms with van der Waals surface area (Å²) >= 11 is 2.19. The van der Waals surface area contributed by atoms with Gasteiger partial charge >= 0.3 is 6.09 Å². The lowest BCUT2D eigenvalue weighted by Gasteiger charge is -2.12. The molecular weight excluding hydrogens is 347 g/mol. The molecule has 0 radical (unpaired) electrons. The average molecular weight is 360 g/mol. The zero-order valence-corrected chi connectivity index (χ0v) is 11.8. The molecule has 1 aliphatic rings. The molecule has 0 aromatic heterocycles. The summed E-state index contributed by atoms with van der Waals surface area (Å²) in [5.41, 5.74) is 0.745. The van der Waals surface area contributed by atoms with Crippen LogP contribution in [-0.2, 0) is 4.79 Å². The molecule has 6 heteroatoms. The number of likely N-dealkylation sites (tertiary alicyclic amines) is 1. The molecule has 5 nitrogen and oxygen atoms in total. The van der Waals surface area contributed by atoms with E-state index in [9.17, 15) is 9.59 Å². The number of nitrogens with one attached hydrogen (secondary N) is 1. The van der Waals surface area contributed by atoms with E-state index in [0.29, 0.717) is 13.0 Å². The Morgan fingerprint density at radius 3 is 2.56 bits per heavy atom. The Kier molecular flexibility index (Phi) is 4.05. The van der Waals surface area contributed by atoms with E-state index >= 15 is 0 Å². The molecule has 0 unspecified atom stereocenters. The molecule has 1 saturated heterocycles. The lowest BCUT2D eigenvalue weighted by Crippen LogP contribution is -2.30. The van der Waals surface area contributed by atoms with Crippen LogP contribution < -0.4 is 5.32 Å². The van der Waals surface area contributed by atoms with E-state index in [4.69, 9.17) is 5.11 Å². The van der Waals surface area contributed by atoms with E-state index in [0.717, 1.165) is 9.26 Å². The Morgan fingerprint density at radius 1 is 1.33 bits per heavy atom. The predicted molar refractivity (Wildman–Crippen MR) is 75.5 cm³/mol. The maximum Gasteiger partial charge on any atom is 0.407 e. The standard InChI is InChI=1S/C12H13IN2O3/c13-9-1-3-10(4-2-9)14-11(16)8-5-6-15(7-8)12(17)18/h1-4,8H,5-7H2,(H,14,16)(H,17,18)/t8-/m1/s1. The van der Waals surface area contributed by atoms with Crippen LogP contribution in [0.4, 0.5) is 10.5 Å². The summed E-state index contributed by atoms with van der Waals surface area (Å²) in [4.78, 5) is 24.0. The summed E-state index contributed by atoms with van der Waals surface area (Å²) in [5, 5.41) is 11.6. The molecule has 1 heterocycles. The normalized spacial score (nSPS) is 18.7. The van der Waals surface area contributed by atoms with Crippen molar-refractivity contribution >= 4 is 40.3 Å². The molecule has 2 N–H and O–H groups in total. The number of hydrogen-bond donors (Lipinski definition) is 2. The maximum atomic E-state index is 11.9. The molecule has 0 aliphatic carbocycles. The van der Waals surface area contributed by atoms with Crippen LogP contribution in [0.15, 0.2) is 24.3 Å². The Bertz CT molecular complexity index is 461. The Labute approximate surface area is 118 Å². The minimum atomic E-state index is -0.959. The number of nitrogens with zero attached hydrogens (tertiary/aromatic N) is 1. The van der Waals surface area contributed by atoms with Crippen molar-refractivity contribution in [3.8, 4) is 0 Å². The molecule has 2 amide bonds. The molecular formula is C12H13IN2O3. The zero-order chi connectivity index (χ0) is 13.1. The number of anilines is 1. The van der Waals surface area contributed by atoms with Crippen LogP contribution in [0.25, 0.3) is 0 Å². The van der Waals surface area contributed by atoms with Gasteiger partial charge in [-0.05, 0) is 53.3 Å². The molecule has 96 valence electrons. The van der Waals surface area contributed by atoms with Crippen molar-refractivity contribution in [3.63, 3.8) is 0 Å². The molecule has 1 aliphatic heterocycles. The molecule has 0 spiro atoms. The van der Waals surface area contributed by atoms with Gasteiger partial charge in [0.05, 0.1) is 5.92 Å². The number of benzene rings is 1. The molecule has 0 bridgehead atoms. The molecule has 2 rings (SSSR count). The highest BCUT2D eigenvalue weighted by Crippen LogP contribution is 2.19. The Morgan fingerprint density at radius 2 is 2.00 bits per heavy atom. The zero-order valence-electron chi connectivity index (χ0n) is 9.60. The minimum absolute atomic E-state index is 0.111. The van der Waals surface area contributed by atoms with Crippen molar-refractivity contribution in [3.05, 3.63) is 27.8 Å². The monoisotopic (exact) mass is 360 g/mol. The summed E-state index contributed by atoms with van der Waals surface area (Å²) in [6.45, 7) is 0.714. The van der Waals surface area contributed by atoms with E-state index in [-0.39, 0.29) is 18.4 Å². The highest BCUT2D eigenvalue weighted by molar-refractivity contribution is 14.1. The third kappa shape index (κ3) is 3.12. The SMILES string of the molecule is O=C(Nc1ccc(I)cc1)[C@@H]1CCN(C(=O)O)C1. The first-order valence-electron chi connectivity index (χ1n) is 5.60. The van der Waals surface area contributed by atoms with Crippen molar-refractivity contribution in [2.45, 2.75) is 6.42 Å². The van der Waals surface area contributed by atoms with Crippen LogP contribution in [-0.4, -0.2) is 35.1 Å². The van der Waals surface area contributed by atoms with Gasteiger partial charge in [0, 0.05) is 22.3 Å². The van der Waals surface area contributed by atoms with Crippen molar-refractivity contribution < 1.29 is 14.7 Å². The first kappa shape index (κ1) is 13.1. The van der Waals surface area contributed by atoms with Crippen molar-refractivity contribution in [1.29, 1.82) is 0 Å². The fourth-order valence-corrected chi connectivity index (χ4v) is 2.29. The molecule has 1 aromatic carbocycles. The van der Waals surface area contributed by atoms with Gasteiger partial charge in [-0.15, -0.1) is 0 Å². The quantitative estimate of drug-likeness (QED) is 0.795. The number of hydrogen-bond acceptors (Lipinski definition) is 2. The molecule has 1 atom stereocenters. The highest BCUT2D eigenvalue weighted by Gasteiger charge is 2.30. The largest absolute Gasteiger partial charge is 0.465 e. The van der Waals surface area contributed by atoms with Crippen molar-refractivity contribution in [2.75, 3.05) is 18.4 Å². The maximum absolute atomic E-state index is 11.9. The predicted octanol–water partition coefficient (Wildman–Crippen LogP) is 2.23. The molecule has 1 aromatic rings. The number of carbonyl (C=O) groups excluding carboxylic acids is 1. The van der Waals surface area contributed by atoms with Crippen molar-refractivity contribution in [2.24, 2.45) is 5.92 Å². The lowest BCUT2D eigenvalue weighted by molar-refractivity contribution is -0.119. The van der Waals surface area contributed by atoms with Gasteiger partial charge in [0.1, 0.15) is 0 Å². The Balaban J connectivity index is 1.93. The third-order valence-electron chi connectivity index (χ3n) is 2.94. The first-order chi connectivity index (χ1) is 8.56. The summed E-state index contributed by atoms with van der Waals surface area (Å²) in [5.74, 6) is -0.361. The number of carbonyl (C=O) groups is 2. The molecule has 1 fully saturated rings. The second-order valence-electron chi connectivity index (χ2n) is 4.21. The van der Waals surface area contributed by atoms with Crippen molar-refractivity contribution in [1.82, 2.24) is 4.90 Å². The van der Waals surface area contributed by atoms with Crippen LogP contribution in [0, 0.1) is 9.49 Å². The smallest absolute Gasteiger partial charge is 0.407 e. The van der Waals surface area contributed by atoms with Gasteiger partial charge in [0.15, 0.2) is 0 Å². The van der Waals surface area contributed by atoms with E-state index in [1.807, 2.05) is 24.3 Å². The topological polar surface area (TPSA) is 69.6 Å². The summed E-state index contributed by atoms with van der Waals surface area (Å²) in [6, 6.07) is 7.50. The Hall–Kier alpha value is -1.31. The average Bonchev–Trinajstić information content (AvgIpc) is 2.81. The fraction of sp³-hybridized carbons (Fsp3) is 0.333. The van der Waals surface area contributed by atoms with Gasteiger partial charge in [-0.25, -0.2) is 4.79 Å². The van der Waals surface area contributed by atoms with Gasteiger partial charge in [-0.2, -0.15) is 0 Å². The van der Waals surface area contributed by atoms with Crippen LogP contribution >= 0.6 is 22.6 Å². The number of halogens is 1. The van der Waals surface area contributed by atoms with E-state index in [1.54, 1.807) is 0 Å². The summed E-state index contributed by atoms with van der Waals surface area (Å²) < 4.78 is 1.10. The number of amides is 2. The second kappa shape index (κ2) is 5.55. The number of rotatable bonds is 2. The van der Waals surface area contributed by atoms with Crippen LogP contribution in [0.2, 0.25) is 0 Å². The minimum Gasteiger partial charge on any atom is -0.465 e. The summed E-state index contributed by atoms with van der Waals surface area (Å²) in [6.07, 6.45) is -0.373. The van der Waals surface area contributed by atoms with Crippen LogP contribution in [0.5, 0.6) is 0 Å². The van der Waals surface area contributed by atoms with Gasteiger partial charge in [0.25, 0.3) is 0 Å². The van der Waals surface area contributed by atoms with Gasteiger partial charge in [0.2, 0.25) is 5.91 Å². The van der Waals surface area contributed by atoms with E-state index in [1.165, 1.54) is 4.90 Å². The van der Waals surface area contributed by atoms with Gasteiger partial charge < -0.3 is 15.3 Å². The summed E-state index contributed by atoms with van der Waals surface area (Å²) in [7, 11) is 0. The molecule has 18 heavy (non-hydrogen) atoms. The third-order valence-corrected chi connectivity index (χ3v) is 3.66. The van der Waals surface area contributed by atoms with E-state index in [2.05, 4.69) is 27.9 Å². The van der Waals surface area contributed by atoms with Gasteiger partial charge in [-0.1, -0.05) is 0 Å². The molecule has 0 saturated carbocycles. The van der Waals surface area contributed by atoms with E-state index < -0.39 is 6.09 Å². The fourth-order valence-electron chi connectivity index (χ4n) is 1.93. The van der Waals surface area contributed by atoms with Crippen LogP contribution in [0.1, 0.15) is 6.42 Å². The van der Waals surface area contributed by atoms with Gasteiger partial charge in [-0.3, -0.25) is 4.79 Å². The first-order valence-corrected chi connectivity index (χ1v) is 6.68. The van der Waals surface area contributed by atoms with Crippen LogP contribution in [0.3, 0.4) is 0 Å². The lowest BCUT2D eigenvalue weighted by atomic mass is 10.1. The second-order valence-corrected chi connectivity index (χ2v) is 5.46. The highest BCUT2D eigenvalue weighted by atomic mass is 127.